The van der Waals surface area contributed by atoms with Crippen LogP contribution in [0.25, 0.3) is 10.1 Å². The molecule has 19 heavy (non-hydrogen) atoms. The zero-order valence-electron chi connectivity index (χ0n) is 9.68. The third-order valence-corrected chi connectivity index (χ3v) is 4.52. The van der Waals surface area contributed by atoms with Gasteiger partial charge in [-0.25, -0.2) is 9.78 Å². The van der Waals surface area contributed by atoms with Gasteiger partial charge in [-0.05, 0) is 12.1 Å². The van der Waals surface area contributed by atoms with Gasteiger partial charge in [0, 0.05) is 33.8 Å². The van der Waals surface area contributed by atoms with Crippen LogP contribution in [0.1, 0.15) is 21.1 Å². The Balaban J connectivity index is 2.06. The average Bonchev–Trinajstić information content (AvgIpc) is 2.99. The molecule has 6 heteroatoms. The second kappa shape index (κ2) is 4.68. The zero-order valence-corrected chi connectivity index (χ0v) is 11.3. The lowest BCUT2D eigenvalue weighted by Crippen LogP contribution is -1.94. The van der Waals surface area contributed by atoms with Crippen molar-refractivity contribution in [2.24, 2.45) is 0 Å². The Labute approximate surface area is 117 Å². The molecule has 0 aliphatic carbocycles. The SMILES string of the molecule is O=C(O)c1ccc2c(Cl)c(Cc3ncc[nH]3)sc2c1. The highest BCUT2D eigenvalue weighted by Gasteiger charge is 2.13. The smallest absolute Gasteiger partial charge is 0.335 e. The third kappa shape index (κ3) is 2.22. The second-order valence-electron chi connectivity index (χ2n) is 4.07. The van der Waals surface area contributed by atoms with Crippen LogP contribution < -0.4 is 0 Å². The molecule has 2 N–H and O–H groups in total. The Bertz CT molecular complexity index is 749. The van der Waals surface area contributed by atoms with Gasteiger partial charge < -0.3 is 10.1 Å². The Hall–Kier alpha value is -1.85. The number of rotatable bonds is 3. The van der Waals surface area contributed by atoms with Crippen LogP contribution in [-0.2, 0) is 6.42 Å². The van der Waals surface area contributed by atoms with Crippen LogP contribution in [-0.4, -0.2) is 21.0 Å². The van der Waals surface area contributed by atoms with Crippen LogP contribution in [0, 0.1) is 0 Å². The number of hydrogen-bond acceptors (Lipinski definition) is 3. The number of aromatic amines is 1. The summed E-state index contributed by atoms with van der Waals surface area (Å²) in [5.41, 5.74) is 0.273. The number of fused-ring (bicyclic) bond motifs is 1. The third-order valence-electron chi connectivity index (χ3n) is 2.83. The summed E-state index contributed by atoms with van der Waals surface area (Å²) in [6.07, 6.45) is 4.08. The Morgan fingerprint density at radius 2 is 2.32 bits per heavy atom. The lowest BCUT2D eigenvalue weighted by atomic mass is 10.1. The van der Waals surface area contributed by atoms with Crippen molar-refractivity contribution in [2.45, 2.75) is 6.42 Å². The molecule has 0 spiro atoms. The van der Waals surface area contributed by atoms with Crippen molar-refractivity contribution < 1.29 is 9.90 Å². The summed E-state index contributed by atoms with van der Waals surface area (Å²) in [6.45, 7) is 0. The number of nitrogens with one attached hydrogen (secondary N) is 1. The lowest BCUT2D eigenvalue weighted by molar-refractivity contribution is 0.0697. The first-order chi connectivity index (χ1) is 9.15. The van der Waals surface area contributed by atoms with Crippen LogP contribution in [0.15, 0.2) is 30.6 Å². The first-order valence-corrected chi connectivity index (χ1v) is 6.77. The minimum absolute atomic E-state index is 0.273. The molecule has 0 radical (unpaired) electrons. The van der Waals surface area contributed by atoms with E-state index in [1.165, 1.54) is 11.3 Å². The number of imidazole rings is 1. The minimum atomic E-state index is -0.931. The van der Waals surface area contributed by atoms with Gasteiger partial charge in [-0.3, -0.25) is 0 Å². The Morgan fingerprint density at radius 3 is 3.00 bits per heavy atom. The molecule has 0 aliphatic rings. The predicted molar refractivity (Wildman–Crippen MR) is 75.2 cm³/mol. The van der Waals surface area contributed by atoms with Gasteiger partial charge in [-0.2, -0.15) is 0 Å². The first-order valence-electron chi connectivity index (χ1n) is 5.57. The monoisotopic (exact) mass is 292 g/mol. The standard InChI is InChI=1S/C13H9ClN2O2S/c14-12-8-2-1-7(13(17)18)5-9(8)19-10(12)6-11-15-3-4-16-11/h1-5H,6H2,(H,15,16)(H,17,18). The molecular formula is C13H9ClN2O2S. The summed E-state index contributed by atoms with van der Waals surface area (Å²) in [5.74, 6) is -0.0917. The molecule has 2 heterocycles. The highest BCUT2D eigenvalue weighted by atomic mass is 35.5. The van der Waals surface area contributed by atoms with E-state index in [1.807, 2.05) is 0 Å². The van der Waals surface area contributed by atoms with Gasteiger partial charge in [0.1, 0.15) is 5.82 Å². The maximum atomic E-state index is 10.9. The van der Waals surface area contributed by atoms with Crippen molar-refractivity contribution in [3.05, 3.63) is 51.9 Å². The van der Waals surface area contributed by atoms with E-state index in [0.717, 1.165) is 20.8 Å². The number of carbonyl (C=O) groups is 1. The molecule has 0 fully saturated rings. The Kier molecular flexibility index (Phi) is 3.00. The van der Waals surface area contributed by atoms with Gasteiger partial charge in [0.25, 0.3) is 0 Å². The molecule has 4 nitrogen and oxygen atoms in total. The summed E-state index contributed by atoms with van der Waals surface area (Å²) in [6, 6.07) is 4.98. The van der Waals surface area contributed by atoms with Crippen molar-refractivity contribution in [1.82, 2.24) is 9.97 Å². The average molecular weight is 293 g/mol. The number of halogens is 1. The van der Waals surface area contributed by atoms with Gasteiger partial charge in [0.2, 0.25) is 0 Å². The fraction of sp³-hybridized carbons (Fsp3) is 0.0769. The van der Waals surface area contributed by atoms with Gasteiger partial charge in [-0.1, -0.05) is 17.7 Å². The molecule has 0 atom stereocenters. The van der Waals surface area contributed by atoms with Gasteiger partial charge in [0.15, 0.2) is 0 Å². The van der Waals surface area contributed by atoms with Crippen molar-refractivity contribution in [2.75, 3.05) is 0 Å². The quantitative estimate of drug-likeness (QED) is 0.775. The summed E-state index contributed by atoms with van der Waals surface area (Å²) in [4.78, 5) is 19.1. The van der Waals surface area contributed by atoms with Crippen molar-refractivity contribution in [3.8, 4) is 0 Å². The van der Waals surface area contributed by atoms with Crippen LogP contribution in [0.2, 0.25) is 5.02 Å². The minimum Gasteiger partial charge on any atom is -0.478 e. The fourth-order valence-electron chi connectivity index (χ4n) is 1.91. The highest BCUT2D eigenvalue weighted by molar-refractivity contribution is 7.19. The van der Waals surface area contributed by atoms with E-state index >= 15 is 0 Å². The number of aromatic carboxylic acids is 1. The lowest BCUT2D eigenvalue weighted by Gasteiger charge is -1.95. The molecule has 2 aromatic heterocycles. The van der Waals surface area contributed by atoms with E-state index in [4.69, 9.17) is 16.7 Å². The number of H-pyrrole nitrogens is 1. The second-order valence-corrected chi connectivity index (χ2v) is 5.58. The highest BCUT2D eigenvalue weighted by Crippen LogP contribution is 2.36. The molecular weight excluding hydrogens is 284 g/mol. The number of hydrogen-bond donors (Lipinski definition) is 2. The molecule has 0 saturated heterocycles. The van der Waals surface area contributed by atoms with E-state index < -0.39 is 5.97 Å². The molecule has 0 saturated carbocycles. The van der Waals surface area contributed by atoms with Gasteiger partial charge >= 0.3 is 5.97 Å². The summed E-state index contributed by atoms with van der Waals surface area (Å²) < 4.78 is 0.881. The molecule has 96 valence electrons. The molecule has 0 amide bonds. The van der Waals surface area contributed by atoms with Crippen molar-refractivity contribution >= 4 is 39.0 Å². The summed E-state index contributed by atoms with van der Waals surface area (Å²) >= 11 is 7.83. The molecule has 3 aromatic rings. The predicted octanol–water partition coefficient (Wildman–Crippen LogP) is 3.57. The first kappa shape index (κ1) is 12.2. The Morgan fingerprint density at radius 1 is 1.47 bits per heavy atom. The van der Waals surface area contributed by atoms with E-state index in [2.05, 4.69) is 9.97 Å². The van der Waals surface area contributed by atoms with E-state index in [9.17, 15) is 4.79 Å². The largest absolute Gasteiger partial charge is 0.478 e. The van der Waals surface area contributed by atoms with Crippen LogP contribution in [0.4, 0.5) is 0 Å². The number of nitrogens with zero attached hydrogens (tertiary/aromatic N) is 1. The number of carboxylic acids is 1. The topological polar surface area (TPSA) is 66.0 Å². The number of thiophene rings is 1. The van der Waals surface area contributed by atoms with E-state index in [0.29, 0.717) is 11.4 Å². The number of aromatic nitrogens is 2. The molecule has 0 bridgehead atoms. The summed E-state index contributed by atoms with van der Waals surface area (Å²) in [5, 5.41) is 10.5. The van der Waals surface area contributed by atoms with Crippen LogP contribution in [0.5, 0.6) is 0 Å². The van der Waals surface area contributed by atoms with Gasteiger partial charge in [0.05, 0.1) is 10.6 Å². The summed E-state index contributed by atoms with van der Waals surface area (Å²) in [7, 11) is 0. The van der Waals surface area contributed by atoms with Crippen molar-refractivity contribution in [3.63, 3.8) is 0 Å². The normalized spacial score (nSPS) is 11.0. The molecule has 1 aromatic carbocycles. The molecule has 0 aliphatic heterocycles. The number of carboxylic acid groups (broad SMARTS) is 1. The van der Waals surface area contributed by atoms with E-state index in [1.54, 1.807) is 30.6 Å². The van der Waals surface area contributed by atoms with Crippen molar-refractivity contribution in [1.29, 1.82) is 0 Å². The maximum Gasteiger partial charge on any atom is 0.335 e. The molecule has 3 rings (SSSR count). The molecule has 0 unspecified atom stereocenters. The number of benzene rings is 1. The van der Waals surface area contributed by atoms with Gasteiger partial charge in [-0.15, -0.1) is 11.3 Å². The zero-order chi connectivity index (χ0) is 13.4. The fourth-order valence-corrected chi connectivity index (χ4v) is 3.45. The van der Waals surface area contributed by atoms with E-state index in [-0.39, 0.29) is 5.56 Å². The maximum absolute atomic E-state index is 10.9. The van der Waals surface area contributed by atoms with Crippen LogP contribution >= 0.6 is 22.9 Å². The van der Waals surface area contributed by atoms with Crippen LogP contribution in [0.3, 0.4) is 0 Å².